The predicted molar refractivity (Wildman–Crippen MR) is 81.7 cm³/mol. The number of hydrogen-bond acceptors (Lipinski definition) is 3. The molecule has 2 heterocycles. The molecule has 4 heteroatoms. The summed E-state index contributed by atoms with van der Waals surface area (Å²) in [5.74, 6) is 7.19. The first-order chi connectivity index (χ1) is 10.3. The smallest absolute Gasteiger partial charge is 0.152 e. The highest BCUT2D eigenvalue weighted by Crippen LogP contribution is 2.20. The fourth-order valence-electron chi connectivity index (χ4n) is 1.82. The third kappa shape index (κ3) is 3.31. The van der Waals surface area contributed by atoms with E-state index in [1.807, 2.05) is 42.5 Å². The van der Waals surface area contributed by atoms with Crippen molar-refractivity contribution in [3.63, 3.8) is 0 Å². The van der Waals surface area contributed by atoms with Crippen molar-refractivity contribution in [1.82, 2.24) is 10.1 Å². The number of halogens is 1. The minimum Gasteiger partial charge on any atom is -0.359 e. The molecule has 2 aromatic heterocycles. The highest BCUT2D eigenvalue weighted by atomic mass is 35.5. The van der Waals surface area contributed by atoms with Gasteiger partial charge in [0.2, 0.25) is 0 Å². The van der Waals surface area contributed by atoms with Gasteiger partial charge < -0.3 is 4.52 Å². The van der Waals surface area contributed by atoms with E-state index >= 15 is 0 Å². The summed E-state index contributed by atoms with van der Waals surface area (Å²) in [5, 5.41) is 3.98. The van der Waals surface area contributed by atoms with Crippen molar-refractivity contribution in [3.8, 4) is 23.1 Å². The zero-order chi connectivity index (χ0) is 14.5. The monoisotopic (exact) mass is 294 g/mol. The van der Waals surface area contributed by atoms with E-state index in [0.717, 1.165) is 22.4 Å². The number of aromatic nitrogens is 2. The van der Waals surface area contributed by atoms with E-state index in [9.17, 15) is 0 Å². The second kappa shape index (κ2) is 6.25. The van der Waals surface area contributed by atoms with Gasteiger partial charge >= 0.3 is 0 Å². The maximum atomic E-state index is 5.70. The molecule has 0 saturated carbocycles. The quantitative estimate of drug-likeness (QED) is 0.532. The van der Waals surface area contributed by atoms with E-state index in [-0.39, 0.29) is 0 Å². The Morgan fingerprint density at radius 1 is 0.952 bits per heavy atom. The van der Waals surface area contributed by atoms with Gasteiger partial charge in [-0.05, 0) is 24.3 Å². The van der Waals surface area contributed by atoms with Crippen molar-refractivity contribution in [1.29, 1.82) is 0 Å². The first-order valence-electron chi connectivity index (χ1n) is 6.39. The Morgan fingerprint density at radius 3 is 2.24 bits per heavy atom. The molecular weight excluding hydrogens is 284 g/mol. The van der Waals surface area contributed by atoms with Gasteiger partial charge in [0.1, 0.15) is 5.69 Å². The van der Waals surface area contributed by atoms with Gasteiger partial charge in [-0.15, -0.1) is 11.6 Å². The number of nitrogens with zero attached hydrogens (tertiary/aromatic N) is 2. The lowest BCUT2D eigenvalue weighted by Crippen LogP contribution is -1.79. The van der Waals surface area contributed by atoms with Gasteiger partial charge in [0.05, 0.1) is 5.88 Å². The molecule has 0 radical (unpaired) electrons. The van der Waals surface area contributed by atoms with Crippen LogP contribution in [0.2, 0.25) is 0 Å². The third-order valence-corrected chi connectivity index (χ3v) is 3.17. The zero-order valence-corrected chi connectivity index (χ0v) is 11.8. The molecule has 0 atom stereocenters. The van der Waals surface area contributed by atoms with E-state index in [4.69, 9.17) is 16.1 Å². The lowest BCUT2D eigenvalue weighted by atomic mass is 10.1. The molecule has 0 N–H and O–H groups in total. The summed E-state index contributed by atoms with van der Waals surface area (Å²) in [5.41, 5.74) is 3.64. The molecular formula is C17H11ClN2O. The van der Waals surface area contributed by atoms with E-state index in [1.165, 1.54) is 0 Å². The zero-order valence-electron chi connectivity index (χ0n) is 11.1. The molecule has 3 rings (SSSR count). The van der Waals surface area contributed by atoms with Crippen molar-refractivity contribution in [2.75, 3.05) is 0 Å². The van der Waals surface area contributed by atoms with Crippen LogP contribution in [-0.2, 0) is 5.88 Å². The van der Waals surface area contributed by atoms with Crippen LogP contribution in [0.15, 0.2) is 59.4 Å². The molecule has 102 valence electrons. The summed E-state index contributed by atoms with van der Waals surface area (Å²) in [6.45, 7) is 0. The average Bonchev–Trinajstić information content (AvgIpc) is 3.03. The lowest BCUT2D eigenvalue weighted by Gasteiger charge is -1.95. The van der Waals surface area contributed by atoms with E-state index in [1.54, 1.807) is 12.4 Å². The Balaban J connectivity index is 1.80. The Kier molecular flexibility index (Phi) is 3.99. The Labute approximate surface area is 127 Å². The van der Waals surface area contributed by atoms with E-state index < -0.39 is 0 Å². The minimum absolute atomic E-state index is 0.322. The largest absolute Gasteiger partial charge is 0.359 e. The first kappa shape index (κ1) is 13.4. The summed E-state index contributed by atoms with van der Waals surface area (Å²) in [6, 6.07) is 13.4. The van der Waals surface area contributed by atoms with Crippen LogP contribution in [0.4, 0.5) is 0 Å². The molecule has 0 aliphatic carbocycles. The van der Waals surface area contributed by atoms with E-state index in [0.29, 0.717) is 11.6 Å². The van der Waals surface area contributed by atoms with Gasteiger partial charge in [-0.2, -0.15) is 0 Å². The Bertz CT molecular complexity index is 783. The normalized spacial score (nSPS) is 9.95. The highest BCUT2D eigenvalue weighted by molar-refractivity contribution is 6.16. The molecule has 0 spiro atoms. The van der Waals surface area contributed by atoms with Gasteiger partial charge in [0.15, 0.2) is 5.76 Å². The molecule has 3 aromatic rings. The summed E-state index contributed by atoms with van der Waals surface area (Å²) < 4.78 is 5.09. The number of pyridine rings is 1. The molecule has 0 aliphatic heterocycles. The Hall–Kier alpha value is -2.57. The van der Waals surface area contributed by atoms with Crippen LogP contribution < -0.4 is 0 Å². The second-order valence-corrected chi connectivity index (χ2v) is 4.64. The predicted octanol–water partition coefficient (Wildman–Crippen LogP) is 3.88. The second-order valence-electron chi connectivity index (χ2n) is 4.38. The van der Waals surface area contributed by atoms with E-state index in [2.05, 4.69) is 22.0 Å². The summed E-state index contributed by atoms with van der Waals surface area (Å²) in [6.07, 6.45) is 3.46. The fraction of sp³-hybridized carbons (Fsp3) is 0.0588. The van der Waals surface area contributed by atoms with Crippen molar-refractivity contribution >= 4 is 11.6 Å². The summed E-state index contributed by atoms with van der Waals surface area (Å²) in [4.78, 5) is 3.96. The molecule has 3 nitrogen and oxygen atoms in total. The van der Waals surface area contributed by atoms with Crippen molar-refractivity contribution in [3.05, 3.63) is 71.7 Å². The molecule has 1 aromatic carbocycles. The molecule has 0 saturated heterocycles. The third-order valence-electron chi connectivity index (χ3n) is 2.90. The SMILES string of the molecule is ClCc1cc(-c2ccc(C#Cc3ccncc3)cc2)no1. The van der Waals surface area contributed by atoms with Crippen LogP contribution in [0.1, 0.15) is 16.9 Å². The molecule has 0 bridgehead atoms. The molecule has 0 aliphatic rings. The summed E-state index contributed by atoms with van der Waals surface area (Å²) >= 11 is 5.70. The standard InChI is InChI=1S/C17H11ClN2O/c18-12-16-11-17(20-21-16)15-5-3-13(4-6-15)1-2-14-7-9-19-10-8-14/h3-11H,12H2. The lowest BCUT2D eigenvalue weighted by molar-refractivity contribution is 0.396. The number of hydrogen-bond donors (Lipinski definition) is 0. The van der Waals surface area contributed by atoms with Crippen LogP contribution in [-0.4, -0.2) is 10.1 Å². The van der Waals surface area contributed by atoms with Gasteiger partial charge in [-0.1, -0.05) is 29.1 Å². The average molecular weight is 295 g/mol. The minimum atomic E-state index is 0.322. The van der Waals surface area contributed by atoms with Crippen LogP contribution in [0.3, 0.4) is 0 Å². The number of alkyl halides is 1. The highest BCUT2D eigenvalue weighted by Gasteiger charge is 2.05. The van der Waals surface area contributed by atoms with Gasteiger partial charge in [0, 0.05) is 35.2 Å². The fourth-order valence-corrected chi connectivity index (χ4v) is 1.94. The van der Waals surface area contributed by atoms with Gasteiger partial charge in [0.25, 0.3) is 0 Å². The van der Waals surface area contributed by atoms with Crippen LogP contribution in [0.25, 0.3) is 11.3 Å². The Morgan fingerprint density at radius 2 is 1.62 bits per heavy atom. The van der Waals surface area contributed by atoms with Crippen molar-refractivity contribution in [2.45, 2.75) is 5.88 Å². The topological polar surface area (TPSA) is 38.9 Å². The van der Waals surface area contributed by atoms with Crippen molar-refractivity contribution in [2.24, 2.45) is 0 Å². The maximum absolute atomic E-state index is 5.70. The molecule has 0 amide bonds. The maximum Gasteiger partial charge on any atom is 0.152 e. The molecule has 0 unspecified atom stereocenters. The molecule has 21 heavy (non-hydrogen) atoms. The van der Waals surface area contributed by atoms with Crippen LogP contribution in [0.5, 0.6) is 0 Å². The first-order valence-corrected chi connectivity index (χ1v) is 6.92. The molecule has 0 fully saturated rings. The van der Waals surface area contributed by atoms with Gasteiger partial charge in [-0.3, -0.25) is 4.98 Å². The van der Waals surface area contributed by atoms with Crippen molar-refractivity contribution < 1.29 is 4.52 Å². The van der Waals surface area contributed by atoms with Gasteiger partial charge in [-0.25, -0.2) is 0 Å². The van der Waals surface area contributed by atoms with Crippen LogP contribution >= 0.6 is 11.6 Å². The van der Waals surface area contributed by atoms with Crippen LogP contribution in [0, 0.1) is 11.8 Å². The summed E-state index contributed by atoms with van der Waals surface area (Å²) in [7, 11) is 0. The number of benzene rings is 1. The number of rotatable bonds is 2.